The molecule has 0 radical (unpaired) electrons. The Morgan fingerprint density at radius 1 is 1.22 bits per heavy atom. The Bertz CT molecular complexity index is 1430. The molecule has 1 aromatic heterocycles. The molecule has 0 amide bonds. The third-order valence-corrected chi connectivity index (χ3v) is 6.56. The average molecular weight is 488 g/mol. The van der Waals surface area contributed by atoms with Gasteiger partial charge in [0, 0.05) is 35.8 Å². The van der Waals surface area contributed by atoms with Gasteiger partial charge in [0.2, 0.25) is 0 Å². The van der Waals surface area contributed by atoms with E-state index in [2.05, 4.69) is 24.4 Å². The summed E-state index contributed by atoms with van der Waals surface area (Å²) in [5.74, 6) is 0.586. The molecule has 0 unspecified atom stereocenters. The van der Waals surface area contributed by atoms with E-state index in [1.54, 1.807) is 7.11 Å². The van der Waals surface area contributed by atoms with Gasteiger partial charge in [0.1, 0.15) is 11.5 Å². The van der Waals surface area contributed by atoms with Gasteiger partial charge >= 0.3 is 12.0 Å². The van der Waals surface area contributed by atoms with Crippen LogP contribution in [0.3, 0.4) is 0 Å². The normalized spacial score (nSPS) is 14.4. The molecule has 36 heavy (non-hydrogen) atoms. The number of hydrogen-bond donors (Lipinski definition) is 2. The van der Waals surface area contributed by atoms with Crippen LogP contribution in [0.15, 0.2) is 54.6 Å². The predicted molar refractivity (Wildman–Crippen MR) is 138 cm³/mol. The van der Waals surface area contributed by atoms with Gasteiger partial charge in [-0.05, 0) is 49.2 Å². The fourth-order valence-electron chi connectivity index (χ4n) is 4.69. The highest BCUT2D eigenvalue weighted by Crippen LogP contribution is 2.38. The molecule has 2 heterocycles. The monoisotopic (exact) mass is 487 g/mol. The summed E-state index contributed by atoms with van der Waals surface area (Å²) in [6.07, 6.45) is 0.0737. The number of methoxy groups -OCH3 is 1. The van der Waals surface area contributed by atoms with Crippen molar-refractivity contribution in [2.75, 3.05) is 25.6 Å². The minimum Gasteiger partial charge on any atom is -0.497 e. The van der Waals surface area contributed by atoms with Crippen LogP contribution >= 0.6 is 0 Å². The summed E-state index contributed by atoms with van der Waals surface area (Å²) in [6, 6.07) is 18.4. The Labute approximate surface area is 209 Å². The summed E-state index contributed by atoms with van der Waals surface area (Å²) in [7, 11) is 1.65. The molecule has 186 valence electrons. The van der Waals surface area contributed by atoms with E-state index in [9.17, 15) is 4.79 Å². The minimum absolute atomic E-state index is 0.0737. The molecule has 4 aromatic rings. The molecule has 0 saturated heterocycles. The number of fused-ring (bicyclic) bond motifs is 2. The van der Waals surface area contributed by atoms with E-state index in [1.165, 1.54) is 0 Å². The number of benzene rings is 3. The fourth-order valence-corrected chi connectivity index (χ4v) is 4.69. The highest BCUT2D eigenvalue weighted by atomic mass is 16.5. The Balaban J connectivity index is 1.43. The Kier molecular flexibility index (Phi) is 6.41. The summed E-state index contributed by atoms with van der Waals surface area (Å²) in [4.78, 5) is 15.8. The van der Waals surface area contributed by atoms with Crippen molar-refractivity contribution in [3.8, 4) is 23.2 Å². The zero-order valence-electron chi connectivity index (χ0n) is 20.6. The van der Waals surface area contributed by atoms with Gasteiger partial charge in [-0.2, -0.15) is 4.98 Å². The number of carbonyl (C=O) groups is 1. The Morgan fingerprint density at radius 3 is 2.86 bits per heavy atom. The first-order chi connectivity index (χ1) is 17.5. The number of aliphatic carboxylic acids is 1. The third-order valence-electron chi connectivity index (χ3n) is 6.56. The zero-order valence-corrected chi connectivity index (χ0v) is 20.6. The van der Waals surface area contributed by atoms with Crippen LogP contribution < -0.4 is 19.5 Å². The fraction of sp³-hybridized carbons (Fsp3) is 0.286. The Morgan fingerprint density at radius 2 is 2.08 bits per heavy atom. The number of aromatic nitrogens is 2. The summed E-state index contributed by atoms with van der Waals surface area (Å²) in [5.41, 5.74) is 6.84. The van der Waals surface area contributed by atoms with Crippen LogP contribution in [0.1, 0.15) is 36.0 Å². The average Bonchev–Trinajstić information content (AvgIpc) is 3.43. The highest BCUT2D eigenvalue weighted by molar-refractivity contribution is 5.81. The lowest BCUT2D eigenvalue weighted by Gasteiger charge is -2.16. The number of anilines is 1. The lowest BCUT2D eigenvalue weighted by molar-refractivity contribution is -0.137. The SMILES string of the molecule is CCOc1nc2ccc(OC)cc2n1-c1cccc(CNc2ccc3c(c2)OC[C@H]3CC(=O)O)c1C. The number of ether oxygens (including phenoxy) is 3. The first-order valence-corrected chi connectivity index (χ1v) is 12.0. The van der Waals surface area contributed by atoms with Gasteiger partial charge in [-0.1, -0.05) is 18.2 Å². The molecule has 1 aliphatic heterocycles. The molecule has 0 bridgehead atoms. The van der Waals surface area contributed by atoms with E-state index in [1.807, 2.05) is 54.0 Å². The molecule has 8 heteroatoms. The third kappa shape index (κ3) is 4.42. The standard InChI is InChI=1S/C28H29N3O5/c1-4-35-28-30-23-11-9-21(34-3)14-25(23)31(28)24-7-5-6-18(17(24)2)15-29-20-8-10-22-19(12-27(32)33)16-36-26(22)13-20/h5-11,13-14,19,29H,4,12,15-16H2,1-3H3,(H,32,33)/t19-/m1/s1. The maximum atomic E-state index is 11.1. The van der Waals surface area contributed by atoms with Crippen molar-refractivity contribution in [1.82, 2.24) is 9.55 Å². The second kappa shape index (κ2) is 9.81. The van der Waals surface area contributed by atoms with Crippen LogP contribution in [0, 0.1) is 6.92 Å². The highest BCUT2D eigenvalue weighted by Gasteiger charge is 2.26. The molecule has 1 atom stereocenters. The molecule has 1 aliphatic rings. The van der Waals surface area contributed by atoms with Crippen molar-refractivity contribution in [3.63, 3.8) is 0 Å². The van der Waals surface area contributed by atoms with Crippen LogP contribution in [0.4, 0.5) is 5.69 Å². The first kappa shape index (κ1) is 23.5. The number of nitrogens with zero attached hydrogens (tertiary/aromatic N) is 2. The van der Waals surface area contributed by atoms with Crippen LogP contribution in [0.25, 0.3) is 16.7 Å². The van der Waals surface area contributed by atoms with Crippen LogP contribution in [0.5, 0.6) is 17.5 Å². The van der Waals surface area contributed by atoms with E-state index in [0.717, 1.165) is 50.6 Å². The molecule has 5 rings (SSSR count). The second-order valence-corrected chi connectivity index (χ2v) is 8.79. The van der Waals surface area contributed by atoms with Crippen LogP contribution in [0.2, 0.25) is 0 Å². The summed E-state index contributed by atoms with van der Waals surface area (Å²) < 4.78 is 19.1. The largest absolute Gasteiger partial charge is 0.497 e. The van der Waals surface area contributed by atoms with Crippen molar-refractivity contribution >= 4 is 22.7 Å². The van der Waals surface area contributed by atoms with Crippen LogP contribution in [-0.4, -0.2) is 41.0 Å². The summed E-state index contributed by atoms with van der Waals surface area (Å²) in [5, 5.41) is 12.6. The number of nitrogens with one attached hydrogen (secondary N) is 1. The van der Waals surface area contributed by atoms with E-state index in [4.69, 9.17) is 24.3 Å². The van der Waals surface area contributed by atoms with Gasteiger partial charge in [-0.3, -0.25) is 9.36 Å². The van der Waals surface area contributed by atoms with Crippen molar-refractivity contribution in [2.24, 2.45) is 0 Å². The van der Waals surface area contributed by atoms with Crippen molar-refractivity contribution in [3.05, 3.63) is 71.3 Å². The van der Waals surface area contributed by atoms with Crippen molar-refractivity contribution < 1.29 is 24.1 Å². The number of carboxylic acid groups (broad SMARTS) is 1. The number of rotatable bonds is 9. The van der Waals surface area contributed by atoms with Gasteiger partial charge in [0.25, 0.3) is 0 Å². The predicted octanol–water partition coefficient (Wildman–Crippen LogP) is 5.30. The number of carboxylic acids is 1. The van der Waals surface area contributed by atoms with E-state index in [0.29, 0.717) is 25.8 Å². The quantitative estimate of drug-likeness (QED) is 0.331. The zero-order chi connectivity index (χ0) is 25.2. The maximum Gasteiger partial charge on any atom is 0.304 e. The molecule has 2 N–H and O–H groups in total. The topological polar surface area (TPSA) is 94.8 Å². The lowest BCUT2D eigenvalue weighted by Crippen LogP contribution is -2.07. The summed E-state index contributed by atoms with van der Waals surface area (Å²) in [6.45, 7) is 5.56. The molecule has 3 aromatic carbocycles. The Hall–Kier alpha value is -4.20. The van der Waals surface area contributed by atoms with E-state index >= 15 is 0 Å². The van der Waals surface area contributed by atoms with E-state index in [-0.39, 0.29) is 12.3 Å². The summed E-state index contributed by atoms with van der Waals surface area (Å²) >= 11 is 0. The number of imidazole rings is 1. The van der Waals surface area contributed by atoms with Crippen LogP contribution in [-0.2, 0) is 11.3 Å². The smallest absolute Gasteiger partial charge is 0.304 e. The molecular weight excluding hydrogens is 458 g/mol. The van der Waals surface area contributed by atoms with Gasteiger partial charge in [-0.15, -0.1) is 0 Å². The van der Waals surface area contributed by atoms with Gasteiger partial charge < -0.3 is 24.6 Å². The molecule has 8 nitrogen and oxygen atoms in total. The second-order valence-electron chi connectivity index (χ2n) is 8.79. The van der Waals surface area contributed by atoms with E-state index < -0.39 is 5.97 Å². The number of hydrogen-bond acceptors (Lipinski definition) is 6. The molecule has 0 spiro atoms. The first-order valence-electron chi connectivity index (χ1n) is 12.0. The molecule has 0 fully saturated rings. The van der Waals surface area contributed by atoms with Gasteiger partial charge in [0.15, 0.2) is 0 Å². The molecular formula is C28H29N3O5. The lowest BCUT2D eigenvalue weighted by atomic mass is 9.98. The maximum absolute atomic E-state index is 11.1. The van der Waals surface area contributed by atoms with Crippen molar-refractivity contribution in [2.45, 2.75) is 32.7 Å². The van der Waals surface area contributed by atoms with Gasteiger partial charge in [-0.25, -0.2) is 0 Å². The molecule has 0 saturated carbocycles. The molecule has 0 aliphatic carbocycles. The van der Waals surface area contributed by atoms with Crippen molar-refractivity contribution in [1.29, 1.82) is 0 Å². The minimum atomic E-state index is -0.814. The van der Waals surface area contributed by atoms with Gasteiger partial charge in [0.05, 0.1) is 43.5 Å².